The first-order valence-electron chi connectivity index (χ1n) is 21.7. The van der Waals surface area contributed by atoms with Crippen LogP contribution in [0.15, 0.2) is 237 Å². The van der Waals surface area contributed by atoms with Crippen LogP contribution < -0.4 is 0 Å². The Kier molecular flexibility index (Phi) is 9.16. The predicted octanol–water partition coefficient (Wildman–Crippen LogP) is 16.2. The Hall–Kier alpha value is -8.53. The lowest BCUT2D eigenvalue weighted by atomic mass is 9.94. The van der Waals surface area contributed by atoms with Crippen molar-refractivity contribution in [2.24, 2.45) is 0 Å². The molecule has 3 heteroatoms. The van der Waals surface area contributed by atoms with E-state index in [-0.39, 0.29) is 0 Å². The first kappa shape index (κ1) is 37.2. The molecule has 0 atom stereocenters. The minimum Gasteiger partial charge on any atom is -0.208 e. The zero-order valence-electron chi connectivity index (χ0n) is 34.9. The quantitative estimate of drug-likeness (QED) is 0.150. The Morgan fingerprint density at radius 2 is 0.641 bits per heavy atom. The first-order valence-corrected chi connectivity index (χ1v) is 21.7. The van der Waals surface area contributed by atoms with Gasteiger partial charge in [-0.1, -0.05) is 206 Å². The molecule has 1 heterocycles. The fourth-order valence-electron chi connectivity index (χ4n) is 9.23. The van der Waals surface area contributed by atoms with Crippen molar-refractivity contribution in [3.8, 4) is 78.7 Å². The molecule has 0 radical (unpaired) electrons. The van der Waals surface area contributed by atoms with Gasteiger partial charge in [-0.15, -0.1) is 0 Å². The Balaban J connectivity index is 0.977. The first-order chi connectivity index (χ1) is 31.7. The van der Waals surface area contributed by atoms with E-state index >= 15 is 0 Å². The summed E-state index contributed by atoms with van der Waals surface area (Å²) in [6.45, 7) is 0. The van der Waals surface area contributed by atoms with E-state index in [1.165, 1.54) is 54.6 Å². The lowest BCUT2D eigenvalue weighted by Gasteiger charge is -2.14. The van der Waals surface area contributed by atoms with Crippen molar-refractivity contribution in [3.05, 3.63) is 237 Å². The maximum absolute atomic E-state index is 5.31. The third kappa shape index (κ3) is 6.86. The van der Waals surface area contributed by atoms with Gasteiger partial charge in [0.25, 0.3) is 0 Å². The molecule has 0 aliphatic carbocycles. The molecule has 0 saturated heterocycles. The molecule has 298 valence electrons. The van der Waals surface area contributed by atoms with E-state index in [0.717, 1.165) is 49.7 Å². The summed E-state index contributed by atoms with van der Waals surface area (Å²) in [4.78, 5) is 15.9. The molecular weight excluding hydrogens is 775 g/mol. The molecule has 64 heavy (non-hydrogen) atoms. The molecular formula is C61H39N3. The van der Waals surface area contributed by atoms with Crippen molar-refractivity contribution in [1.82, 2.24) is 15.0 Å². The number of benzene rings is 11. The number of fused-ring (bicyclic) bond motifs is 5. The zero-order valence-corrected chi connectivity index (χ0v) is 34.9. The highest BCUT2D eigenvalue weighted by molar-refractivity contribution is 6.13. The van der Waals surface area contributed by atoms with E-state index in [2.05, 4.69) is 237 Å². The molecule has 12 aromatic rings. The molecule has 0 N–H and O–H groups in total. The summed E-state index contributed by atoms with van der Waals surface area (Å²) >= 11 is 0. The van der Waals surface area contributed by atoms with Crippen molar-refractivity contribution in [3.63, 3.8) is 0 Å². The van der Waals surface area contributed by atoms with Gasteiger partial charge in [-0.25, -0.2) is 15.0 Å². The Morgan fingerprint density at radius 1 is 0.188 bits per heavy atom. The monoisotopic (exact) mass is 813 g/mol. The molecule has 3 nitrogen and oxygen atoms in total. The van der Waals surface area contributed by atoms with Crippen LogP contribution in [0, 0.1) is 0 Å². The van der Waals surface area contributed by atoms with Crippen molar-refractivity contribution in [2.45, 2.75) is 0 Å². The maximum Gasteiger partial charge on any atom is 0.164 e. The zero-order chi connectivity index (χ0) is 42.4. The molecule has 0 aliphatic rings. The van der Waals surface area contributed by atoms with Gasteiger partial charge >= 0.3 is 0 Å². The van der Waals surface area contributed by atoms with Crippen LogP contribution in [0.3, 0.4) is 0 Å². The highest BCUT2D eigenvalue weighted by atomic mass is 15.0. The van der Waals surface area contributed by atoms with E-state index in [1.807, 2.05) is 0 Å². The molecule has 0 fully saturated rings. The standard InChI is InChI=1S/C61H39N3/c1-2-13-40(14-3-1)47-33-34-55-48(36-47)20-12-26-53(55)49-19-11-22-52(38-49)60-62-59(63-61(64-60)58-39-50-17-6-7-23-54(50)56-24-8-9-25-57(56)58)51-21-10-18-45(37-51)42-27-29-43(30-28-42)46-32-31-41-15-4-5-16-44(41)35-46/h1-39H. The lowest BCUT2D eigenvalue weighted by molar-refractivity contribution is 1.08. The Morgan fingerprint density at radius 3 is 1.39 bits per heavy atom. The second-order valence-corrected chi connectivity index (χ2v) is 16.4. The van der Waals surface area contributed by atoms with Gasteiger partial charge in [0.05, 0.1) is 0 Å². The molecule has 0 bridgehead atoms. The molecule has 1 aromatic heterocycles. The molecule has 11 aromatic carbocycles. The Bertz CT molecular complexity index is 3720. The van der Waals surface area contributed by atoms with E-state index < -0.39 is 0 Å². The molecule has 0 amide bonds. The van der Waals surface area contributed by atoms with Crippen LogP contribution in [0.5, 0.6) is 0 Å². The van der Waals surface area contributed by atoms with Gasteiger partial charge in [0, 0.05) is 16.7 Å². The molecule has 12 rings (SSSR count). The van der Waals surface area contributed by atoms with Crippen LogP contribution in [-0.4, -0.2) is 15.0 Å². The Labute approximate surface area is 371 Å². The van der Waals surface area contributed by atoms with Crippen molar-refractivity contribution >= 4 is 43.1 Å². The van der Waals surface area contributed by atoms with E-state index in [4.69, 9.17) is 15.0 Å². The van der Waals surface area contributed by atoms with Crippen molar-refractivity contribution < 1.29 is 0 Å². The van der Waals surface area contributed by atoms with E-state index in [0.29, 0.717) is 17.5 Å². The van der Waals surface area contributed by atoms with Gasteiger partial charge in [0.1, 0.15) is 0 Å². The summed E-state index contributed by atoms with van der Waals surface area (Å²) in [6.07, 6.45) is 0. The largest absolute Gasteiger partial charge is 0.208 e. The lowest BCUT2D eigenvalue weighted by Crippen LogP contribution is -2.01. The van der Waals surface area contributed by atoms with E-state index in [9.17, 15) is 0 Å². The topological polar surface area (TPSA) is 38.7 Å². The third-order valence-corrected chi connectivity index (χ3v) is 12.5. The number of nitrogens with zero attached hydrogens (tertiary/aromatic N) is 3. The summed E-state index contributed by atoms with van der Waals surface area (Å²) in [5.74, 6) is 1.88. The minimum atomic E-state index is 0.621. The number of aromatic nitrogens is 3. The van der Waals surface area contributed by atoms with Gasteiger partial charge in [0.15, 0.2) is 17.5 Å². The van der Waals surface area contributed by atoms with Crippen molar-refractivity contribution in [1.29, 1.82) is 0 Å². The van der Waals surface area contributed by atoms with Crippen molar-refractivity contribution in [2.75, 3.05) is 0 Å². The molecule has 0 unspecified atom stereocenters. The fraction of sp³-hybridized carbons (Fsp3) is 0. The molecule has 0 saturated carbocycles. The summed E-state index contributed by atoms with van der Waals surface area (Å²) in [6, 6.07) is 84.3. The average Bonchev–Trinajstić information content (AvgIpc) is 3.38. The summed E-state index contributed by atoms with van der Waals surface area (Å²) in [5, 5.41) is 9.49. The molecule has 0 aliphatic heterocycles. The smallest absolute Gasteiger partial charge is 0.164 e. The van der Waals surface area contributed by atoms with Crippen LogP contribution in [0.2, 0.25) is 0 Å². The number of hydrogen-bond acceptors (Lipinski definition) is 3. The summed E-state index contributed by atoms with van der Waals surface area (Å²) < 4.78 is 0. The van der Waals surface area contributed by atoms with Crippen LogP contribution >= 0.6 is 0 Å². The normalized spacial score (nSPS) is 11.4. The predicted molar refractivity (Wildman–Crippen MR) is 268 cm³/mol. The van der Waals surface area contributed by atoms with Crippen LogP contribution in [0.25, 0.3) is 122 Å². The second kappa shape index (κ2) is 15.7. The number of rotatable bonds is 7. The number of hydrogen-bond donors (Lipinski definition) is 0. The summed E-state index contributed by atoms with van der Waals surface area (Å²) in [7, 11) is 0. The van der Waals surface area contributed by atoms with E-state index in [1.54, 1.807) is 0 Å². The van der Waals surface area contributed by atoms with Crippen LogP contribution in [-0.2, 0) is 0 Å². The minimum absolute atomic E-state index is 0.621. The second-order valence-electron chi connectivity index (χ2n) is 16.4. The highest BCUT2D eigenvalue weighted by Gasteiger charge is 2.17. The van der Waals surface area contributed by atoms with Gasteiger partial charge in [-0.2, -0.15) is 0 Å². The van der Waals surface area contributed by atoms with Gasteiger partial charge in [-0.3, -0.25) is 0 Å². The fourth-order valence-corrected chi connectivity index (χ4v) is 9.23. The summed E-state index contributed by atoms with van der Waals surface area (Å²) in [5.41, 5.74) is 12.1. The SMILES string of the molecule is c1ccc(-c2ccc3c(-c4cccc(-c5nc(-c6cccc(-c7ccc(-c8ccc9ccccc9c8)cc7)c6)nc(-c6cc7ccccc7c7ccccc67)n5)c4)cccc3c2)cc1. The van der Waals surface area contributed by atoms with Gasteiger partial charge < -0.3 is 0 Å². The van der Waals surface area contributed by atoms with Crippen LogP contribution in [0.4, 0.5) is 0 Å². The average molecular weight is 814 g/mol. The van der Waals surface area contributed by atoms with Crippen LogP contribution in [0.1, 0.15) is 0 Å². The van der Waals surface area contributed by atoms with Gasteiger partial charge in [0.2, 0.25) is 0 Å². The highest BCUT2D eigenvalue weighted by Crippen LogP contribution is 2.38. The molecule has 0 spiro atoms. The van der Waals surface area contributed by atoms with Gasteiger partial charge in [-0.05, 0) is 118 Å². The maximum atomic E-state index is 5.31. The third-order valence-electron chi connectivity index (χ3n) is 12.5.